The maximum atomic E-state index is 13.0. The molecule has 1 aliphatic carbocycles. The lowest BCUT2D eigenvalue weighted by Gasteiger charge is -2.28. The number of primary amides is 1. The molecule has 0 bridgehead atoms. The van der Waals surface area contributed by atoms with E-state index in [4.69, 9.17) is 25.2 Å². The molecule has 0 aromatic heterocycles. The van der Waals surface area contributed by atoms with Crippen LogP contribution in [0, 0.1) is 11.8 Å². The second-order valence-electron chi connectivity index (χ2n) is 18.0. The summed E-state index contributed by atoms with van der Waals surface area (Å²) in [4.78, 5) is 161. The molecule has 416 valence electrons. The Balaban J connectivity index is 1.58. The van der Waals surface area contributed by atoms with E-state index in [2.05, 4.69) is 31.9 Å². The predicted octanol–water partition coefficient (Wildman–Crippen LogP) is -0.783. The summed E-state index contributed by atoms with van der Waals surface area (Å²) in [5.41, 5.74) is 5.45. The van der Waals surface area contributed by atoms with Gasteiger partial charge in [0.25, 0.3) is 11.8 Å². The van der Waals surface area contributed by atoms with Crippen LogP contribution in [0.2, 0.25) is 0 Å². The molecule has 3 atom stereocenters. The van der Waals surface area contributed by atoms with Crippen LogP contribution in [0.4, 0.5) is 0 Å². The fraction of sp³-hybridized carbons (Fsp3) is 0.723. The van der Waals surface area contributed by atoms with E-state index in [1.54, 1.807) is 0 Å². The van der Waals surface area contributed by atoms with Gasteiger partial charge in [-0.05, 0) is 83.0 Å². The van der Waals surface area contributed by atoms with Gasteiger partial charge in [0, 0.05) is 76.9 Å². The molecular formula is C47H74N8O19. The number of nitrogens with zero attached hydrogens (tertiary/aromatic N) is 1. The van der Waals surface area contributed by atoms with Gasteiger partial charge in [-0.1, -0.05) is 12.8 Å². The minimum Gasteiger partial charge on any atom is -0.481 e. The zero-order chi connectivity index (χ0) is 54.8. The average molecular weight is 1060 g/mol. The van der Waals surface area contributed by atoms with Crippen LogP contribution in [0.15, 0.2) is 0 Å². The lowest BCUT2D eigenvalue weighted by molar-refractivity contribution is -0.197. The first-order valence-electron chi connectivity index (χ1n) is 25.1. The number of hydrogen-bond donors (Lipinski definition) is 10. The highest BCUT2D eigenvalue weighted by atomic mass is 16.7. The summed E-state index contributed by atoms with van der Waals surface area (Å²) in [6.45, 7) is 0.167. The first-order valence-corrected chi connectivity index (χ1v) is 25.1. The number of imide groups is 1. The molecule has 74 heavy (non-hydrogen) atoms. The summed E-state index contributed by atoms with van der Waals surface area (Å²) in [6, 6.07) is -3.68. The maximum absolute atomic E-state index is 13.0. The van der Waals surface area contributed by atoms with Gasteiger partial charge in [0.2, 0.25) is 41.4 Å². The highest BCUT2D eigenvalue weighted by Crippen LogP contribution is 2.29. The van der Waals surface area contributed by atoms with Crippen LogP contribution in [-0.4, -0.2) is 162 Å². The molecule has 0 aromatic carbocycles. The molecule has 27 heteroatoms. The van der Waals surface area contributed by atoms with Crippen molar-refractivity contribution in [3.05, 3.63) is 0 Å². The molecule has 1 aliphatic heterocycles. The molecule has 2 fully saturated rings. The van der Waals surface area contributed by atoms with Crippen molar-refractivity contribution in [3.8, 4) is 0 Å². The summed E-state index contributed by atoms with van der Waals surface area (Å²) in [5.74, 6) is -9.45. The summed E-state index contributed by atoms with van der Waals surface area (Å²) >= 11 is 0. The Bertz CT molecular complexity index is 1910. The van der Waals surface area contributed by atoms with Crippen LogP contribution in [-0.2, 0) is 76.6 Å². The van der Waals surface area contributed by atoms with Crippen molar-refractivity contribution < 1.29 is 92.0 Å². The second kappa shape index (κ2) is 36.2. The third kappa shape index (κ3) is 28.5. The van der Waals surface area contributed by atoms with E-state index in [0.29, 0.717) is 82.4 Å². The fourth-order valence-electron chi connectivity index (χ4n) is 7.78. The predicted molar refractivity (Wildman–Crippen MR) is 255 cm³/mol. The number of nitrogens with one attached hydrogen (secondary N) is 6. The van der Waals surface area contributed by atoms with Gasteiger partial charge in [-0.15, -0.1) is 5.06 Å². The van der Waals surface area contributed by atoms with Crippen molar-refractivity contribution in [1.82, 2.24) is 37.0 Å². The van der Waals surface area contributed by atoms with Crippen molar-refractivity contribution in [1.29, 1.82) is 0 Å². The van der Waals surface area contributed by atoms with Gasteiger partial charge in [0.05, 0.1) is 19.8 Å². The Morgan fingerprint density at radius 3 is 1.81 bits per heavy atom. The average Bonchev–Trinajstić information content (AvgIpc) is 3.66. The van der Waals surface area contributed by atoms with Gasteiger partial charge < -0.3 is 67.3 Å². The largest absolute Gasteiger partial charge is 0.481 e. The highest BCUT2D eigenvalue weighted by molar-refractivity contribution is 6.01. The van der Waals surface area contributed by atoms with E-state index < -0.39 is 109 Å². The standard InChI is InChI=1S/C47H74N8O19/c48-44(67)32(8-5-6-23-49-35(56)9-3-1-2-4-12-43(66)74-55-39(60)20-21-40(55)61)52-38(59)29-73-27-26-72-25-24-50-46(69)33(18-22-42(64)65)53-37(58)19-17-34(47(70)71)54-45(68)31-15-13-30(14-16-31)28-51-36(57)10-7-11-41(62)63/h30-34H,1-29H2,(H2,48,67)(H,49,56)(H,50,69)(H,51,57)(H,52,59)(H,53,58)(H,54,68)(H,62,63)(H,64,65)(H,70,71)/t30?,31?,32-,33?,34?/m0/s1. The number of carboxylic acid groups (broad SMARTS) is 3. The van der Waals surface area contributed by atoms with Crippen molar-refractivity contribution in [2.75, 3.05) is 46.1 Å². The first-order chi connectivity index (χ1) is 35.2. The first kappa shape index (κ1) is 63.3. The number of carbonyl (C=O) groups excluding carboxylic acids is 10. The SMILES string of the molecule is NC(=O)[C@H](CCCCNC(=O)CCCCCCC(=O)ON1C(=O)CCC1=O)NC(=O)COCCOCCNC(=O)C(CCC(=O)O)NC(=O)CCC(NC(=O)C1CCC(CNC(=O)CCCC(=O)O)CC1)C(=O)O. The highest BCUT2D eigenvalue weighted by Gasteiger charge is 2.33. The smallest absolute Gasteiger partial charge is 0.333 e. The van der Waals surface area contributed by atoms with Crippen LogP contribution < -0.4 is 37.6 Å². The number of amides is 9. The zero-order valence-electron chi connectivity index (χ0n) is 41.8. The van der Waals surface area contributed by atoms with Gasteiger partial charge in [-0.3, -0.25) is 52.7 Å². The number of carbonyl (C=O) groups is 13. The number of hydroxylamine groups is 2. The van der Waals surface area contributed by atoms with Crippen molar-refractivity contribution in [2.45, 2.75) is 159 Å². The number of hydrogen-bond acceptors (Lipinski definition) is 16. The van der Waals surface area contributed by atoms with Crippen molar-refractivity contribution >= 4 is 77.0 Å². The van der Waals surface area contributed by atoms with Crippen molar-refractivity contribution in [3.63, 3.8) is 0 Å². The molecule has 1 saturated carbocycles. The van der Waals surface area contributed by atoms with Gasteiger partial charge in [0.15, 0.2) is 0 Å². The van der Waals surface area contributed by atoms with E-state index in [1.165, 1.54) is 0 Å². The zero-order valence-corrected chi connectivity index (χ0v) is 41.8. The third-order valence-electron chi connectivity index (χ3n) is 12.0. The summed E-state index contributed by atoms with van der Waals surface area (Å²) < 4.78 is 10.7. The summed E-state index contributed by atoms with van der Waals surface area (Å²) in [7, 11) is 0. The topological polar surface area (TPSA) is 412 Å². The van der Waals surface area contributed by atoms with Crippen LogP contribution in [0.1, 0.15) is 141 Å². The molecule has 0 aromatic rings. The molecule has 2 rings (SSSR count). The normalized spacial score (nSPS) is 16.5. The molecular weight excluding hydrogens is 981 g/mol. The Hall–Kier alpha value is -6.77. The van der Waals surface area contributed by atoms with Crippen molar-refractivity contribution in [2.24, 2.45) is 17.6 Å². The minimum absolute atomic E-state index is 0.00216. The molecule has 9 amide bonds. The quantitative estimate of drug-likeness (QED) is 0.0266. The van der Waals surface area contributed by atoms with Gasteiger partial charge in [-0.25, -0.2) is 9.59 Å². The Kier molecular flexibility index (Phi) is 31.0. The molecule has 11 N–H and O–H groups in total. The molecule has 1 heterocycles. The van der Waals surface area contributed by atoms with Crippen LogP contribution in [0.25, 0.3) is 0 Å². The summed E-state index contributed by atoms with van der Waals surface area (Å²) in [6.07, 6.45) is 4.76. The van der Waals surface area contributed by atoms with Gasteiger partial charge in [0.1, 0.15) is 24.7 Å². The monoisotopic (exact) mass is 1050 g/mol. The van der Waals surface area contributed by atoms with E-state index in [0.717, 1.165) is 0 Å². The molecule has 1 saturated heterocycles. The van der Waals surface area contributed by atoms with Crippen LogP contribution in [0.5, 0.6) is 0 Å². The number of ether oxygens (including phenoxy) is 2. The number of nitrogens with two attached hydrogens (primary N) is 1. The van der Waals surface area contributed by atoms with E-state index in [-0.39, 0.29) is 108 Å². The minimum atomic E-state index is -1.42. The van der Waals surface area contributed by atoms with Crippen LogP contribution in [0.3, 0.4) is 0 Å². The Labute approximate surface area is 428 Å². The maximum Gasteiger partial charge on any atom is 0.333 e. The van der Waals surface area contributed by atoms with E-state index in [1.807, 2.05) is 0 Å². The number of rotatable bonds is 40. The lowest BCUT2D eigenvalue weighted by atomic mass is 9.81. The lowest BCUT2D eigenvalue weighted by Crippen LogP contribution is -2.48. The van der Waals surface area contributed by atoms with E-state index in [9.17, 15) is 72.5 Å². The molecule has 0 radical (unpaired) electrons. The number of unbranched alkanes of at least 4 members (excludes halogenated alkanes) is 4. The third-order valence-corrected chi connectivity index (χ3v) is 12.0. The fourth-order valence-corrected chi connectivity index (χ4v) is 7.78. The Morgan fingerprint density at radius 2 is 1.16 bits per heavy atom. The second-order valence-corrected chi connectivity index (χ2v) is 18.0. The van der Waals surface area contributed by atoms with Crippen LogP contribution >= 0.6 is 0 Å². The van der Waals surface area contributed by atoms with Gasteiger partial charge in [-0.2, -0.15) is 0 Å². The molecule has 2 aliphatic rings. The Morgan fingerprint density at radius 1 is 0.554 bits per heavy atom. The number of carboxylic acids is 3. The molecule has 27 nitrogen and oxygen atoms in total. The number of aliphatic carboxylic acids is 3. The van der Waals surface area contributed by atoms with Gasteiger partial charge >= 0.3 is 23.9 Å². The van der Waals surface area contributed by atoms with E-state index >= 15 is 0 Å². The molecule has 0 spiro atoms. The molecule has 2 unspecified atom stereocenters. The summed E-state index contributed by atoms with van der Waals surface area (Å²) in [5, 5.41) is 43.6.